The molecule has 1 rings (SSSR count). The van der Waals surface area contributed by atoms with Crippen molar-refractivity contribution < 1.29 is 4.74 Å². The van der Waals surface area contributed by atoms with Crippen molar-refractivity contribution >= 4 is 0 Å². The molecule has 2 N–H and O–H groups in total. The van der Waals surface area contributed by atoms with E-state index >= 15 is 0 Å². The van der Waals surface area contributed by atoms with Gasteiger partial charge in [0.15, 0.2) is 0 Å². The van der Waals surface area contributed by atoms with E-state index < -0.39 is 0 Å². The molecule has 2 heteroatoms. The van der Waals surface area contributed by atoms with E-state index in [-0.39, 0.29) is 5.41 Å². The fourth-order valence-corrected chi connectivity index (χ4v) is 3.54. The van der Waals surface area contributed by atoms with Gasteiger partial charge in [-0.15, -0.1) is 0 Å². The molecule has 0 aliphatic heterocycles. The molecule has 1 aromatic carbocycles. The maximum absolute atomic E-state index is 6.11. The molecular formula is C25H45NO. The molecule has 156 valence electrons. The Labute approximate surface area is 169 Å². The molecule has 27 heavy (non-hydrogen) atoms. The number of nitrogens with two attached hydrogens (primary N) is 1. The highest BCUT2D eigenvalue weighted by molar-refractivity contribution is 5.41. The Bertz CT molecular complexity index is 490. The SMILES string of the molecule is CCCCCCCCCCCCCCOc1ccc(CN)cc1C(C)(C)C. The molecule has 0 amide bonds. The highest BCUT2D eigenvalue weighted by atomic mass is 16.5. The first-order valence-corrected chi connectivity index (χ1v) is 11.4. The van der Waals surface area contributed by atoms with E-state index in [4.69, 9.17) is 10.5 Å². The van der Waals surface area contributed by atoms with Crippen LogP contribution in [0.25, 0.3) is 0 Å². The third kappa shape index (κ3) is 10.8. The van der Waals surface area contributed by atoms with Crippen molar-refractivity contribution in [2.45, 2.75) is 117 Å². The van der Waals surface area contributed by atoms with Crippen molar-refractivity contribution in [3.63, 3.8) is 0 Å². The predicted molar refractivity (Wildman–Crippen MR) is 120 cm³/mol. The Balaban J connectivity index is 2.12. The normalized spacial score (nSPS) is 11.7. The highest BCUT2D eigenvalue weighted by Gasteiger charge is 2.19. The number of unbranched alkanes of at least 4 members (excludes halogenated alkanes) is 11. The smallest absolute Gasteiger partial charge is 0.123 e. The molecule has 0 atom stereocenters. The molecular weight excluding hydrogens is 330 g/mol. The zero-order valence-corrected chi connectivity index (χ0v) is 18.6. The van der Waals surface area contributed by atoms with Crippen molar-refractivity contribution in [1.29, 1.82) is 0 Å². The van der Waals surface area contributed by atoms with Gasteiger partial charge in [-0.2, -0.15) is 0 Å². The van der Waals surface area contributed by atoms with Gasteiger partial charge in [-0.1, -0.05) is 110 Å². The maximum atomic E-state index is 6.11. The lowest BCUT2D eigenvalue weighted by Crippen LogP contribution is -2.15. The van der Waals surface area contributed by atoms with Gasteiger partial charge in [0.05, 0.1) is 6.61 Å². The van der Waals surface area contributed by atoms with E-state index in [1.807, 2.05) is 0 Å². The van der Waals surface area contributed by atoms with E-state index in [0.29, 0.717) is 6.54 Å². The Morgan fingerprint density at radius 2 is 1.30 bits per heavy atom. The van der Waals surface area contributed by atoms with Crippen LogP contribution in [0.15, 0.2) is 18.2 Å². The lowest BCUT2D eigenvalue weighted by Gasteiger charge is -2.23. The third-order valence-corrected chi connectivity index (χ3v) is 5.34. The molecule has 0 spiro atoms. The summed E-state index contributed by atoms with van der Waals surface area (Å²) in [4.78, 5) is 0. The van der Waals surface area contributed by atoms with Crippen molar-refractivity contribution in [3.8, 4) is 5.75 Å². The Kier molecular flexibility index (Phi) is 12.5. The molecule has 0 aliphatic rings. The van der Waals surface area contributed by atoms with Crippen LogP contribution in [-0.2, 0) is 12.0 Å². The topological polar surface area (TPSA) is 35.2 Å². The largest absolute Gasteiger partial charge is 0.493 e. The summed E-state index contributed by atoms with van der Waals surface area (Å²) in [6.07, 6.45) is 16.5. The highest BCUT2D eigenvalue weighted by Crippen LogP contribution is 2.32. The molecule has 0 aromatic heterocycles. The number of hydrogen-bond acceptors (Lipinski definition) is 2. The van der Waals surface area contributed by atoms with Gasteiger partial charge in [0.1, 0.15) is 5.75 Å². The van der Waals surface area contributed by atoms with Crippen LogP contribution in [0, 0.1) is 0 Å². The number of rotatable bonds is 15. The number of benzene rings is 1. The summed E-state index contributed by atoms with van der Waals surface area (Å²) in [6.45, 7) is 10.4. The van der Waals surface area contributed by atoms with Crippen LogP contribution < -0.4 is 10.5 Å². The van der Waals surface area contributed by atoms with Crippen LogP contribution in [0.5, 0.6) is 5.75 Å². The van der Waals surface area contributed by atoms with Crippen molar-refractivity contribution in [2.75, 3.05) is 6.61 Å². The molecule has 0 heterocycles. The molecule has 0 radical (unpaired) electrons. The van der Waals surface area contributed by atoms with E-state index in [0.717, 1.165) is 18.8 Å². The van der Waals surface area contributed by atoms with Gasteiger partial charge in [0.2, 0.25) is 0 Å². The molecule has 2 nitrogen and oxygen atoms in total. The first-order valence-electron chi connectivity index (χ1n) is 11.4. The first-order chi connectivity index (χ1) is 13.0. The molecule has 0 saturated heterocycles. The maximum Gasteiger partial charge on any atom is 0.123 e. The monoisotopic (exact) mass is 375 g/mol. The van der Waals surface area contributed by atoms with E-state index in [1.54, 1.807) is 0 Å². The number of ether oxygens (including phenoxy) is 1. The fraction of sp³-hybridized carbons (Fsp3) is 0.760. The van der Waals surface area contributed by atoms with Crippen LogP contribution in [0.2, 0.25) is 0 Å². The van der Waals surface area contributed by atoms with Gasteiger partial charge >= 0.3 is 0 Å². The standard InChI is InChI=1S/C25H45NO/c1-5-6-7-8-9-10-11-12-13-14-15-16-19-27-24-18-17-22(21-26)20-23(24)25(2,3)4/h17-18,20H,5-16,19,21,26H2,1-4H3. The first kappa shape index (κ1) is 24.0. The van der Waals surface area contributed by atoms with Crippen LogP contribution in [-0.4, -0.2) is 6.61 Å². The van der Waals surface area contributed by atoms with Crippen LogP contribution in [0.4, 0.5) is 0 Å². The van der Waals surface area contributed by atoms with E-state index in [1.165, 1.54) is 81.8 Å². The molecule has 0 unspecified atom stereocenters. The molecule has 0 bridgehead atoms. The predicted octanol–water partition coefficient (Wildman–Crippen LogP) is 7.52. The fourth-order valence-electron chi connectivity index (χ4n) is 3.54. The van der Waals surface area contributed by atoms with Crippen LogP contribution >= 0.6 is 0 Å². The van der Waals surface area contributed by atoms with Gasteiger partial charge in [0, 0.05) is 6.54 Å². The second-order valence-electron chi connectivity index (χ2n) is 9.02. The van der Waals surface area contributed by atoms with Crippen molar-refractivity contribution in [2.24, 2.45) is 5.73 Å². The van der Waals surface area contributed by atoms with E-state index in [2.05, 4.69) is 45.9 Å². The van der Waals surface area contributed by atoms with Crippen LogP contribution in [0.3, 0.4) is 0 Å². The molecule has 0 fully saturated rings. The summed E-state index contributed by atoms with van der Waals surface area (Å²) in [5.74, 6) is 1.03. The summed E-state index contributed by atoms with van der Waals surface area (Å²) < 4.78 is 6.11. The van der Waals surface area contributed by atoms with Gasteiger partial charge < -0.3 is 10.5 Å². The Morgan fingerprint density at radius 3 is 1.78 bits per heavy atom. The summed E-state index contributed by atoms with van der Waals surface area (Å²) in [7, 11) is 0. The lowest BCUT2D eigenvalue weighted by molar-refractivity contribution is 0.296. The lowest BCUT2D eigenvalue weighted by atomic mass is 9.85. The summed E-state index contributed by atoms with van der Waals surface area (Å²) in [6, 6.07) is 6.40. The molecule has 0 saturated carbocycles. The van der Waals surface area contributed by atoms with Gasteiger partial charge in [0.25, 0.3) is 0 Å². The Morgan fingerprint density at radius 1 is 0.778 bits per heavy atom. The van der Waals surface area contributed by atoms with Gasteiger partial charge in [-0.25, -0.2) is 0 Å². The van der Waals surface area contributed by atoms with Crippen LogP contribution in [0.1, 0.15) is 116 Å². The summed E-state index contributed by atoms with van der Waals surface area (Å²) in [5.41, 5.74) is 8.32. The second-order valence-corrected chi connectivity index (χ2v) is 9.02. The zero-order valence-electron chi connectivity index (χ0n) is 18.6. The zero-order chi connectivity index (χ0) is 20.0. The number of hydrogen-bond donors (Lipinski definition) is 1. The van der Waals surface area contributed by atoms with E-state index in [9.17, 15) is 0 Å². The summed E-state index contributed by atoms with van der Waals surface area (Å²) >= 11 is 0. The Hall–Kier alpha value is -1.02. The minimum atomic E-state index is 0.0804. The van der Waals surface area contributed by atoms with Crippen molar-refractivity contribution in [1.82, 2.24) is 0 Å². The second kappa shape index (κ2) is 14.0. The van der Waals surface area contributed by atoms with Crippen molar-refractivity contribution in [3.05, 3.63) is 29.3 Å². The molecule has 0 aliphatic carbocycles. The average Bonchev–Trinajstić information content (AvgIpc) is 2.64. The third-order valence-electron chi connectivity index (χ3n) is 5.34. The average molecular weight is 376 g/mol. The quantitative estimate of drug-likeness (QED) is 0.322. The molecule has 1 aromatic rings. The summed E-state index contributed by atoms with van der Waals surface area (Å²) in [5, 5.41) is 0. The van der Waals surface area contributed by atoms with Gasteiger partial charge in [-0.3, -0.25) is 0 Å². The van der Waals surface area contributed by atoms with Gasteiger partial charge in [-0.05, 0) is 29.0 Å². The minimum absolute atomic E-state index is 0.0804. The minimum Gasteiger partial charge on any atom is -0.493 e.